The molecule has 2 aromatic rings. The van der Waals surface area contributed by atoms with E-state index in [1.807, 2.05) is 26.2 Å². The second-order valence-electron chi connectivity index (χ2n) is 13.3. The average molecular weight is 711 g/mol. The van der Waals surface area contributed by atoms with Gasteiger partial charge in [-0.05, 0) is 64.0 Å². The van der Waals surface area contributed by atoms with Gasteiger partial charge in [-0.1, -0.05) is 44.2 Å². The molecule has 0 radical (unpaired) electrons. The molecule has 2 saturated heterocycles. The number of hydrogen-bond donors (Lipinski definition) is 5. The average Bonchev–Trinajstić information content (AvgIpc) is 3.63. The summed E-state index contributed by atoms with van der Waals surface area (Å²) < 4.78 is 1.74. The molecule has 0 bridgehead atoms. The number of nitrogens with zero attached hydrogens (tertiary/aromatic N) is 3. The lowest BCUT2D eigenvalue weighted by Gasteiger charge is -2.32. The van der Waals surface area contributed by atoms with E-state index in [2.05, 4.69) is 31.7 Å². The van der Waals surface area contributed by atoms with Crippen LogP contribution < -0.4 is 26.6 Å². The normalized spacial score (nSPS) is 25.4. The van der Waals surface area contributed by atoms with Crippen LogP contribution in [0.25, 0.3) is 0 Å². The summed E-state index contributed by atoms with van der Waals surface area (Å²) in [5.41, 5.74) is 2.40. The summed E-state index contributed by atoms with van der Waals surface area (Å²) in [4.78, 5) is 83.7. The quantitative estimate of drug-likeness (QED) is 0.272. The molecule has 4 rings (SSSR count). The van der Waals surface area contributed by atoms with Crippen molar-refractivity contribution in [2.75, 3.05) is 18.6 Å². The van der Waals surface area contributed by atoms with Crippen LogP contribution in [0.5, 0.6) is 0 Å². The lowest BCUT2D eigenvalue weighted by Crippen LogP contribution is -2.59. The van der Waals surface area contributed by atoms with Gasteiger partial charge in [0.1, 0.15) is 24.2 Å². The van der Waals surface area contributed by atoms with E-state index in [1.165, 1.54) is 23.6 Å². The minimum absolute atomic E-state index is 0.00502. The molecule has 1 aromatic carbocycles. The molecule has 6 amide bonds. The molecule has 2 fully saturated rings. The van der Waals surface area contributed by atoms with Crippen molar-refractivity contribution in [3.05, 3.63) is 52.8 Å². The maximum absolute atomic E-state index is 14.3. The van der Waals surface area contributed by atoms with E-state index in [0.29, 0.717) is 41.2 Å². The Morgan fingerprint density at radius 1 is 1.00 bits per heavy atom. The Morgan fingerprint density at radius 2 is 1.70 bits per heavy atom. The highest BCUT2D eigenvalue weighted by Crippen LogP contribution is 2.24. The minimum Gasteiger partial charge on any atom is -0.347 e. The zero-order chi connectivity index (χ0) is 36.7. The Bertz CT molecular complexity index is 1580. The first-order chi connectivity index (χ1) is 23.7. The van der Waals surface area contributed by atoms with Gasteiger partial charge < -0.3 is 31.5 Å². The van der Waals surface area contributed by atoms with Crippen molar-refractivity contribution in [3.63, 3.8) is 0 Å². The molecule has 2 aliphatic rings. The Labute approximate surface area is 297 Å². The van der Waals surface area contributed by atoms with Crippen molar-refractivity contribution in [1.29, 1.82) is 0 Å². The molecule has 272 valence electrons. The summed E-state index contributed by atoms with van der Waals surface area (Å²) >= 11 is 1.52. The van der Waals surface area contributed by atoms with E-state index < -0.39 is 65.8 Å². The van der Waals surface area contributed by atoms with Gasteiger partial charge in [-0.2, -0.15) is 16.9 Å². The van der Waals surface area contributed by atoms with Crippen LogP contribution in [0, 0.1) is 19.8 Å². The zero-order valence-electron chi connectivity index (χ0n) is 29.9. The number of nitrogens with one attached hydrogen (secondary N) is 5. The Hall–Kier alpha value is -4.40. The van der Waals surface area contributed by atoms with Crippen LogP contribution in [0.1, 0.15) is 80.3 Å². The van der Waals surface area contributed by atoms with Crippen LogP contribution in [0.15, 0.2) is 30.3 Å². The monoisotopic (exact) mass is 710 g/mol. The van der Waals surface area contributed by atoms with Gasteiger partial charge in [-0.15, -0.1) is 0 Å². The van der Waals surface area contributed by atoms with E-state index in [1.54, 1.807) is 49.7 Å². The molecule has 5 N–H and O–H groups in total. The second kappa shape index (κ2) is 17.0. The number of amides is 6. The largest absolute Gasteiger partial charge is 0.347 e. The molecule has 50 heavy (non-hydrogen) atoms. The van der Waals surface area contributed by atoms with E-state index in [0.717, 1.165) is 0 Å². The van der Waals surface area contributed by atoms with Crippen molar-refractivity contribution in [3.8, 4) is 0 Å². The highest BCUT2D eigenvalue weighted by Gasteiger charge is 2.44. The number of carbonyl (C=O) groups excluding carboxylic acids is 6. The van der Waals surface area contributed by atoms with E-state index in [-0.39, 0.29) is 31.2 Å². The molecule has 15 heteroatoms. The second-order valence-corrected chi connectivity index (χ2v) is 14.3. The van der Waals surface area contributed by atoms with Crippen LogP contribution in [-0.4, -0.2) is 98.9 Å². The van der Waals surface area contributed by atoms with Crippen molar-refractivity contribution in [1.82, 2.24) is 41.3 Å². The van der Waals surface area contributed by atoms with E-state index >= 15 is 0 Å². The van der Waals surface area contributed by atoms with Gasteiger partial charge in [0.2, 0.25) is 29.5 Å². The van der Waals surface area contributed by atoms with Gasteiger partial charge >= 0.3 is 0 Å². The van der Waals surface area contributed by atoms with Crippen LogP contribution in [0.4, 0.5) is 0 Å². The third-order valence-electron chi connectivity index (χ3n) is 9.28. The van der Waals surface area contributed by atoms with Gasteiger partial charge in [-0.25, -0.2) is 0 Å². The first-order valence-corrected chi connectivity index (χ1v) is 18.5. The molecular weight excluding hydrogens is 661 g/mol. The number of benzene rings is 1. The number of thioether (sulfide) groups is 1. The topological polar surface area (TPSA) is 184 Å². The first-order valence-electron chi connectivity index (χ1n) is 17.1. The third-order valence-corrected chi connectivity index (χ3v) is 9.93. The fourth-order valence-electron chi connectivity index (χ4n) is 6.52. The summed E-state index contributed by atoms with van der Waals surface area (Å²) in [5, 5.41) is 18.8. The molecule has 6 atom stereocenters. The van der Waals surface area contributed by atoms with Gasteiger partial charge in [-0.3, -0.25) is 33.4 Å². The number of aromatic nitrogens is 2. The first kappa shape index (κ1) is 38.4. The van der Waals surface area contributed by atoms with Crippen molar-refractivity contribution in [2.24, 2.45) is 5.92 Å². The van der Waals surface area contributed by atoms with E-state index in [9.17, 15) is 28.8 Å². The van der Waals surface area contributed by atoms with Crippen LogP contribution in [0.2, 0.25) is 0 Å². The maximum Gasteiger partial charge on any atom is 0.255 e. The molecule has 3 heterocycles. The molecule has 0 spiro atoms. The van der Waals surface area contributed by atoms with Crippen molar-refractivity contribution >= 4 is 47.2 Å². The maximum atomic E-state index is 14.3. The zero-order valence-corrected chi connectivity index (χ0v) is 30.7. The summed E-state index contributed by atoms with van der Waals surface area (Å²) in [7, 11) is 0. The van der Waals surface area contributed by atoms with Gasteiger partial charge in [0, 0.05) is 24.8 Å². The third kappa shape index (κ3) is 9.03. The Morgan fingerprint density at radius 3 is 2.32 bits per heavy atom. The number of fused-ring (bicyclic) bond motifs is 1. The SMILES string of the molecule is CCn1nc(C)c(C(=O)N[C@H]2C[C@H]3C(=O)N[C@@H](C)C(=O)N[C@H](c4ccccc4)CC(=O)N[C@@H](CCSC)C(=O)N[C@@H](C(C)C)C(=O)N3C2)c1C. The fraction of sp³-hybridized carbons (Fsp3) is 0.571. The highest BCUT2D eigenvalue weighted by atomic mass is 32.2. The predicted molar refractivity (Wildman–Crippen MR) is 190 cm³/mol. The number of aryl methyl sites for hydroxylation is 2. The molecule has 0 unspecified atom stereocenters. The highest BCUT2D eigenvalue weighted by molar-refractivity contribution is 7.98. The fourth-order valence-corrected chi connectivity index (χ4v) is 6.99. The van der Waals surface area contributed by atoms with Gasteiger partial charge in [0.15, 0.2) is 0 Å². The van der Waals surface area contributed by atoms with E-state index in [4.69, 9.17) is 0 Å². The van der Waals surface area contributed by atoms with Crippen molar-refractivity contribution < 1.29 is 28.8 Å². The van der Waals surface area contributed by atoms with Gasteiger partial charge in [0.25, 0.3) is 5.91 Å². The predicted octanol–water partition coefficient (Wildman–Crippen LogP) is 1.36. The molecule has 1 aromatic heterocycles. The molecule has 14 nitrogen and oxygen atoms in total. The van der Waals surface area contributed by atoms with Crippen LogP contribution >= 0.6 is 11.8 Å². The Balaban J connectivity index is 1.68. The van der Waals surface area contributed by atoms with Gasteiger partial charge in [0.05, 0.1) is 23.7 Å². The number of hydrogen-bond acceptors (Lipinski definition) is 8. The smallest absolute Gasteiger partial charge is 0.255 e. The lowest BCUT2D eigenvalue weighted by molar-refractivity contribution is -0.143. The Kier molecular flexibility index (Phi) is 13.1. The summed E-state index contributed by atoms with van der Waals surface area (Å²) in [6.07, 6.45) is 2.15. The number of rotatable bonds is 8. The molecule has 2 aliphatic heterocycles. The standard InChI is InChI=1S/C35H50N8O6S/c1-8-43-22(6)29(20(4)41-43)34(48)37-24-16-27-33(47)36-21(5)31(45)39-26(23-12-10-9-11-13-23)17-28(44)38-25(14-15-50-7)32(46)40-30(19(2)3)35(49)42(27)18-24/h9-13,19,21,24-27,30H,8,14-18H2,1-7H3,(H,36,47)(H,37,48)(H,38,44)(H,39,45)(H,40,46)/t21-,24-,25-,26-,27-,30-/m0/s1. The number of carbonyl (C=O) groups is 6. The molecular formula is C35H50N8O6S. The molecule has 0 saturated carbocycles. The summed E-state index contributed by atoms with van der Waals surface area (Å²) in [6, 6.07) is 3.63. The molecule has 0 aliphatic carbocycles. The summed E-state index contributed by atoms with van der Waals surface area (Å²) in [5.74, 6) is -2.75. The van der Waals surface area contributed by atoms with Crippen LogP contribution in [0.3, 0.4) is 0 Å². The lowest BCUT2D eigenvalue weighted by atomic mass is 10.0. The summed E-state index contributed by atoms with van der Waals surface area (Å²) in [6.45, 7) is 11.2. The van der Waals surface area contributed by atoms with Crippen molar-refractivity contribution in [2.45, 2.75) is 104 Å². The van der Waals surface area contributed by atoms with Crippen LogP contribution in [-0.2, 0) is 30.5 Å². The minimum atomic E-state index is -1.04.